The van der Waals surface area contributed by atoms with Crippen molar-refractivity contribution in [3.63, 3.8) is 0 Å². The van der Waals surface area contributed by atoms with Gasteiger partial charge in [-0.25, -0.2) is 9.59 Å². The summed E-state index contributed by atoms with van der Waals surface area (Å²) in [7, 11) is 2.96. The summed E-state index contributed by atoms with van der Waals surface area (Å²) in [5.74, 6) is -2.38. The number of carbonyl (C=O) groups is 5. The number of likely N-dealkylation sites (N-methyl/N-ethyl adjacent to an activating group) is 2. The number of nitrogens with zero attached hydrogens (tertiary/aromatic N) is 2. The van der Waals surface area contributed by atoms with Gasteiger partial charge in [0, 0.05) is 14.1 Å². The predicted molar refractivity (Wildman–Crippen MR) is 160 cm³/mol. The van der Waals surface area contributed by atoms with Crippen molar-refractivity contribution in [1.29, 1.82) is 0 Å². The SMILES string of the molecule is CC(C)C[C@@H](C(=O)N[C@H](C(=O)N(C)[C@@H](C)C(=O)N[C@@H](C)C(=O)OCc1ccccc1)C(C)C)N(C)C(=O)OC(C)(C)C. The minimum absolute atomic E-state index is 0.0739. The normalized spacial score (nSPS) is 14.3. The van der Waals surface area contributed by atoms with Crippen LogP contribution in [0.15, 0.2) is 30.3 Å². The Morgan fingerprint density at radius 2 is 1.40 bits per heavy atom. The zero-order chi connectivity index (χ0) is 32.4. The Hall–Kier alpha value is -3.63. The number of nitrogens with one attached hydrogen (secondary N) is 2. The summed E-state index contributed by atoms with van der Waals surface area (Å²) in [6, 6.07) is 5.45. The first-order chi connectivity index (χ1) is 19.3. The van der Waals surface area contributed by atoms with Gasteiger partial charge in [0.1, 0.15) is 36.4 Å². The molecule has 0 aromatic heterocycles. The van der Waals surface area contributed by atoms with Gasteiger partial charge in [0.15, 0.2) is 0 Å². The number of amides is 4. The summed E-state index contributed by atoms with van der Waals surface area (Å²) in [5, 5.41) is 5.39. The predicted octanol–water partition coefficient (Wildman–Crippen LogP) is 3.50. The summed E-state index contributed by atoms with van der Waals surface area (Å²) in [6.07, 6.45) is -0.289. The molecule has 0 fully saturated rings. The molecule has 0 saturated heterocycles. The average Bonchev–Trinajstić information content (AvgIpc) is 2.90. The molecule has 0 aliphatic heterocycles. The van der Waals surface area contributed by atoms with Crippen molar-refractivity contribution in [2.45, 2.75) is 105 Å². The fourth-order valence-electron chi connectivity index (χ4n) is 3.94. The summed E-state index contributed by atoms with van der Waals surface area (Å²) in [6.45, 7) is 15.8. The summed E-state index contributed by atoms with van der Waals surface area (Å²) < 4.78 is 10.7. The van der Waals surface area contributed by atoms with Crippen molar-refractivity contribution < 1.29 is 33.4 Å². The number of ether oxygens (including phenoxy) is 2. The highest BCUT2D eigenvalue weighted by Crippen LogP contribution is 2.17. The lowest BCUT2D eigenvalue weighted by Gasteiger charge is -2.34. The molecule has 0 bridgehead atoms. The van der Waals surface area contributed by atoms with Gasteiger partial charge in [0.2, 0.25) is 17.7 Å². The Balaban J connectivity index is 2.92. The van der Waals surface area contributed by atoms with Gasteiger partial charge in [-0.15, -0.1) is 0 Å². The molecule has 2 N–H and O–H groups in total. The zero-order valence-electron chi connectivity index (χ0n) is 27.0. The molecule has 0 saturated carbocycles. The molecule has 1 aromatic carbocycles. The standard InChI is InChI=1S/C31H50N4O7/c1-19(2)17-24(35(11)30(40)42-31(7,8)9)27(37)33-25(20(3)4)28(38)34(10)22(6)26(36)32-21(5)29(39)41-18-23-15-13-12-14-16-23/h12-16,19-22,24-25H,17-18H2,1-11H3,(H,32,36)(H,33,37)/t21-,22-,24-,25-/m0/s1. The van der Waals surface area contributed by atoms with E-state index in [-0.39, 0.29) is 18.4 Å². The smallest absolute Gasteiger partial charge is 0.410 e. The van der Waals surface area contributed by atoms with Gasteiger partial charge in [-0.05, 0) is 58.4 Å². The minimum Gasteiger partial charge on any atom is -0.459 e. The van der Waals surface area contributed by atoms with Crippen LogP contribution in [0.1, 0.15) is 74.3 Å². The molecule has 1 rings (SSSR count). The molecule has 236 valence electrons. The maximum absolute atomic E-state index is 13.5. The number of esters is 1. The Kier molecular flexibility index (Phi) is 14.0. The van der Waals surface area contributed by atoms with E-state index < -0.39 is 59.6 Å². The highest BCUT2D eigenvalue weighted by Gasteiger charge is 2.36. The molecule has 0 aliphatic carbocycles. The summed E-state index contributed by atoms with van der Waals surface area (Å²) in [4.78, 5) is 67.5. The summed E-state index contributed by atoms with van der Waals surface area (Å²) >= 11 is 0. The third-order valence-corrected chi connectivity index (χ3v) is 6.62. The minimum atomic E-state index is -0.965. The van der Waals surface area contributed by atoms with E-state index in [1.807, 2.05) is 44.2 Å². The van der Waals surface area contributed by atoms with E-state index in [2.05, 4.69) is 10.6 Å². The average molecular weight is 591 g/mol. The quantitative estimate of drug-likeness (QED) is 0.336. The Labute approximate surface area is 250 Å². The van der Waals surface area contributed by atoms with Crippen LogP contribution in [-0.4, -0.2) is 83.4 Å². The van der Waals surface area contributed by atoms with E-state index in [9.17, 15) is 24.0 Å². The molecule has 0 spiro atoms. The van der Waals surface area contributed by atoms with Crippen LogP contribution in [0, 0.1) is 11.8 Å². The van der Waals surface area contributed by atoms with Crippen LogP contribution in [0.25, 0.3) is 0 Å². The second-order valence-corrected chi connectivity index (χ2v) is 12.4. The van der Waals surface area contributed by atoms with Crippen LogP contribution < -0.4 is 10.6 Å². The lowest BCUT2D eigenvalue weighted by Crippen LogP contribution is -2.59. The fourth-order valence-corrected chi connectivity index (χ4v) is 3.94. The van der Waals surface area contributed by atoms with Crippen molar-refractivity contribution >= 4 is 29.8 Å². The number of carbonyl (C=O) groups excluding carboxylic acids is 5. The number of rotatable bonds is 13. The van der Waals surface area contributed by atoms with Crippen LogP contribution in [-0.2, 0) is 35.3 Å². The molecule has 11 heteroatoms. The van der Waals surface area contributed by atoms with Gasteiger partial charge in [-0.2, -0.15) is 0 Å². The molecule has 0 aliphatic rings. The van der Waals surface area contributed by atoms with Gasteiger partial charge in [-0.3, -0.25) is 19.3 Å². The molecule has 42 heavy (non-hydrogen) atoms. The number of hydrogen-bond acceptors (Lipinski definition) is 7. The van der Waals surface area contributed by atoms with Gasteiger partial charge in [0.25, 0.3) is 0 Å². The van der Waals surface area contributed by atoms with E-state index in [4.69, 9.17) is 9.47 Å². The second kappa shape index (κ2) is 16.1. The monoisotopic (exact) mass is 590 g/mol. The van der Waals surface area contributed by atoms with Gasteiger partial charge < -0.3 is 25.0 Å². The first kappa shape index (κ1) is 36.4. The van der Waals surface area contributed by atoms with Crippen LogP contribution >= 0.6 is 0 Å². The van der Waals surface area contributed by atoms with Crippen LogP contribution in [0.3, 0.4) is 0 Å². The Bertz CT molecular complexity index is 1070. The zero-order valence-corrected chi connectivity index (χ0v) is 27.0. The van der Waals surface area contributed by atoms with Crippen molar-refractivity contribution in [1.82, 2.24) is 20.4 Å². The summed E-state index contributed by atoms with van der Waals surface area (Å²) in [5.41, 5.74) is 0.0775. The van der Waals surface area contributed by atoms with Crippen LogP contribution in [0.5, 0.6) is 0 Å². The highest BCUT2D eigenvalue weighted by atomic mass is 16.6. The van der Waals surface area contributed by atoms with Gasteiger partial charge in [0.05, 0.1) is 0 Å². The van der Waals surface area contributed by atoms with E-state index in [1.54, 1.807) is 34.6 Å². The van der Waals surface area contributed by atoms with Crippen LogP contribution in [0.4, 0.5) is 4.79 Å². The highest BCUT2D eigenvalue weighted by molar-refractivity contribution is 5.94. The molecule has 4 amide bonds. The molecule has 0 heterocycles. The molecule has 11 nitrogen and oxygen atoms in total. The third kappa shape index (κ3) is 11.7. The first-order valence-corrected chi connectivity index (χ1v) is 14.4. The second-order valence-electron chi connectivity index (χ2n) is 12.4. The lowest BCUT2D eigenvalue weighted by atomic mass is 9.98. The molecule has 1 aromatic rings. The maximum atomic E-state index is 13.5. The van der Waals surface area contributed by atoms with Gasteiger partial charge >= 0.3 is 12.1 Å². The van der Waals surface area contributed by atoms with E-state index in [0.717, 1.165) is 5.56 Å². The van der Waals surface area contributed by atoms with Gasteiger partial charge in [-0.1, -0.05) is 58.0 Å². The maximum Gasteiger partial charge on any atom is 0.410 e. The number of hydrogen-bond donors (Lipinski definition) is 2. The van der Waals surface area contributed by atoms with Crippen molar-refractivity contribution in [2.24, 2.45) is 11.8 Å². The molecule has 0 unspecified atom stereocenters. The Morgan fingerprint density at radius 3 is 1.90 bits per heavy atom. The largest absolute Gasteiger partial charge is 0.459 e. The van der Waals surface area contributed by atoms with Crippen molar-refractivity contribution in [3.05, 3.63) is 35.9 Å². The fraction of sp³-hybridized carbons (Fsp3) is 0.645. The molecular formula is C31H50N4O7. The van der Waals surface area contributed by atoms with E-state index in [0.29, 0.717) is 6.42 Å². The topological polar surface area (TPSA) is 134 Å². The third-order valence-electron chi connectivity index (χ3n) is 6.62. The number of benzene rings is 1. The van der Waals surface area contributed by atoms with Crippen molar-refractivity contribution in [2.75, 3.05) is 14.1 Å². The first-order valence-electron chi connectivity index (χ1n) is 14.4. The van der Waals surface area contributed by atoms with E-state index >= 15 is 0 Å². The van der Waals surface area contributed by atoms with Crippen LogP contribution in [0.2, 0.25) is 0 Å². The lowest BCUT2D eigenvalue weighted by molar-refractivity contribution is -0.149. The Morgan fingerprint density at radius 1 is 0.833 bits per heavy atom. The molecular weight excluding hydrogens is 540 g/mol. The molecule has 4 atom stereocenters. The molecule has 0 radical (unpaired) electrons. The van der Waals surface area contributed by atoms with Crippen molar-refractivity contribution in [3.8, 4) is 0 Å². The van der Waals surface area contributed by atoms with E-state index in [1.165, 1.54) is 37.7 Å².